The summed E-state index contributed by atoms with van der Waals surface area (Å²) in [4.78, 5) is 32.1. The third-order valence-corrected chi connectivity index (χ3v) is 6.01. The first kappa shape index (κ1) is 22.4. The molecule has 0 saturated carbocycles. The molecule has 1 aliphatic heterocycles. The van der Waals surface area contributed by atoms with Crippen LogP contribution in [0.4, 0.5) is 11.4 Å². The zero-order chi connectivity index (χ0) is 24.5. The molecule has 5 rings (SSSR count). The van der Waals surface area contributed by atoms with Crippen LogP contribution < -0.4 is 4.90 Å². The number of carbonyl (C=O) groups excluding carboxylic acids is 2. The second-order valence-electron chi connectivity index (χ2n) is 7.90. The van der Waals surface area contributed by atoms with Gasteiger partial charge in [0.05, 0.1) is 19.9 Å². The smallest absolute Gasteiger partial charge is 0.374 e. The molecule has 1 N–H and O–H groups in total. The molecule has 0 fully saturated rings. The van der Waals surface area contributed by atoms with Crippen molar-refractivity contribution in [2.24, 2.45) is 0 Å². The van der Waals surface area contributed by atoms with Crippen molar-refractivity contribution < 1.29 is 28.6 Å². The number of ether oxygens (including phenoxy) is 2. The molecule has 0 aliphatic carbocycles. The zero-order valence-corrected chi connectivity index (χ0v) is 19.0. The molecule has 3 heterocycles. The van der Waals surface area contributed by atoms with E-state index in [0.717, 1.165) is 0 Å². The van der Waals surface area contributed by atoms with E-state index in [9.17, 15) is 14.7 Å². The number of rotatable bonds is 4. The van der Waals surface area contributed by atoms with Crippen molar-refractivity contribution in [1.29, 1.82) is 0 Å². The van der Waals surface area contributed by atoms with E-state index in [0.29, 0.717) is 22.5 Å². The molecule has 0 amide bonds. The number of para-hydroxylation sites is 1. The Kier molecular flexibility index (Phi) is 5.80. The van der Waals surface area contributed by atoms with Gasteiger partial charge in [-0.15, -0.1) is 0 Å². The van der Waals surface area contributed by atoms with E-state index >= 15 is 0 Å². The Hall–Kier alpha value is -4.43. The van der Waals surface area contributed by atoms with Crippen LogP contribution in [0.5, 0.6) is 0 Å². The predicted molar refractivity (Wildman–Crippen MR) is 127 cm³/mol. The number of aromatic nitrogens is 1. The summed E-state index contributed by atoms with van der Waals surface area (Å²) in [7, 11) is 2.44. The lowest BCUT2D eigenvalue weighted by Crippen LogP contribution is -2.30. The van der Waals surface area contributed by atoms with Crippen LogP contribution in [0.15, 0.2) is 83.4 Å². The average molecular weight is 470 g/mol. The van der Waals surface area contributed by atoms with Crippen LogP contribution in [0.25, 0.3) is 11.3 Å². The molecule has 35 heavy (non-hydrogen) atoms. The highest BCUT2D eigenvalue weighted by atomic mass is 16.5. The normalized spacial score (nSPS) is 16.6. The van der Waals surface area contributed by atoms with Gasteiger partial charge in [0, 0.05) is 17.4 Å². The maximum atomic E-state index is 13.1. The van der Waals surface area contributed by atoms with Gasteiger partial charge in [0.25, 0.3) is 0 Å². The number of aliphatic hydroxyl groups is 1. The number of fused-ring (bicyclic) bond motifs is 3. The first-order chi connectivity index (χ1) is 17.1. The fourth-order valence-electron chi connectivity index (χ4n) is 4.50. The molecular weight excluding hydrogens is 448 g/mol. The van der Waals surface area contributed by atoms with Gasteiger partial charge < -0.3 is 23.9 Å². The molecule has 8 heteroatoms. The van der Waals surface area contributed by atoms with E-state index in [4.69, 9.17) is 13.9 Å². The van der Waals surface area contributed by atoms with Gasteiger partial charge in [0.1, 0.15) is 23.4 Å². The molecule has 2 aromatic heterocycles. The van der Waals surface area contributed by atoms with Crippen LogP contribution in [0.1, 0.15) is 44.3 Å². The van der Waals surface area contributed by atoms with Crippen molar-refractivity contribution in [2.75, 3.05) is 19.1 Å². The molecule has 4 aromatic rings. The van der Waals surface area contributed by atoms with Crippen molar-refractivity contribution in [2.45, 2.75) is 12.1 Å². The molecule has 2 atom stereocenters. The van der Waals surface area contributed by atoms with Crippen molar-refractivity contribution in [1.82, 2.24) is 4.98 Å². The summed E-state index contributed by atoms with van der Waals surface area (Å²) in [6.45, 7) is 0. The van der Waals surface area contributed by atoms with Crippen LogP contribution >= 0.6 is 0 Å². The number of aliphatic hydroxyl groups excluding tert-OH is 1. The van der Waals surface area contributed by atoms with Gasteiger partial charge in [0.2, 0.25) is 5.76 Å². The Bertz CT molecular complexity index is 1380. The molecule has 0 spiro atoms. The Morgan fingerprint density at radius 2 is 1.60 bits per heavy atom. The van der Waals surface area contributed by atoms with Gasteiger partial charge in [-0.05, 0) is 29.8 Å². The van der Waals surface area contributed by atoms with Gasteiger partial charge in [-0.2, -0.15) is 0 Å². The fraction of sp³-hybridized carbons (Fsp3) is 0.148. The third kappa shape index (κ3) is 3.64. The van der Waals surface area contributed by atoms with Gasteiger partial charge >= 0.3 is 11.9 Å². The number of nitrogens with zero attached hydrogens (tertiary/aromatic N) is 2. The summed E-state index contributed by atoms with van der Waals surface area (Å²) in [5.74, 6) is -1.64. The number of pyridine rings is 1. The maximum absolute atomic E-state index is 13.1. The van der Waals surface area contributed by atoms with E-state index in [1.165, 1.54) is 14.2 Å². The number of carbonyl (C=O) groups is 2. The van der Waals surface area contributed by atoms with Crippen LogP contribution in [-0.4, -0.2) is 36.2 Å². The maximum Gasteiger partial charge on any atom is 0.374 e. The van der Waals surface area contributed by atoms with E-state index in [1.54, 1.807) is 47.5 Å². The molecule has 0 unspecified atom stereocenters. The lowest BCUT2D eigenvalue weighted by atomic mass is 9.95. The number of benzene rings is 2. The van der Waals surface area contributed by atoms with Crippen LogP contribution in [0, 0.1) is 0 Å². The quantitative estimate of drug-likeness (QED) is 0.423. The minimum absolute atomic E-state index is 0.0944. The third-order valence-electron chi connectivity index (χ3n) is 6.01. The SMILES string of the molecule is COC(=O)c1oc2c(c1C(=O)OC)N(c1ccccc1)[C@H](c1ccccn1)[C@H](O)c1ccccc1-2. The van der Waals surface area contributed by atoms with Crippen LogP contribution in [-0.2, 0) is 9.47 Å². The number of hydrogen-bond acceptors (Lipinski definition) is 8. The Morgan fingerprint density at radius 3 is 2.29 bits per heavy atom. The molecule has 0 radical (unpaired) electrons. The minimum atomic E-state index is -1.06. The average Bonchev–Trinajstić information content (AvgIpc) is 3.27. The molecule has 8 nitrogen and oxygen atoms in total. The molecule has 176 valence electrons. The summed E-state index contributed by atoms with van der Waals surface area (Å²) < 4.78 is 16.0. The van der Waals surface area contributed by atoms with Crippen molar-refractivity contribution in [3.8, 4) is 11.3 Å². The summed E-state index contributed by atoms with van der Waals surface area (Å²) in [5.41, 5.74) is 2.49. The summed E-state index contributed by atoms with van der Waals surface area (Å²) in [6, 6.07) is 21.0. The monoisotopic (exact) mass is 470 g/mol. The Labute approximate surface area is 201 Å². The minimum Gasteiger partial charge on any atom is -0.465 e. The van der Waals surface area contributed by atoms with E-state index in [1.807, 2.05) is 36.4 Å². The number of esters is 2. The van der Waals surface area contributed by atoms with E-state index < -0.39 is 24.1 Å². The highest BCUT2D eigenvalue weighted by Gasteiger charge is 2.44. The lowest BCUT2D eigenvalue weighted by molar-refractivity contribution is 0.0529. The Balaban J connectivity index is 1.94. The van der Waals surface area contributed by atoms with Crippen LogP contribution in [0.2, 0.25) is 0 Å². The highest BCUT2D eigenvalue weighted by molar-refractivity contribution is 6.09. The summed E-state index contributed by atoms with van der Waals surface area (Å²) in [5, 5.41) is 11.8. The number of hydrogen-bond donors (Lipinski definition) is 1. The van der Waals surface area contributed by atoms with E-state index in [-0.39, 0.29) is 22.8 Å². The number of furan rings is 1. The number of methoxy groups -OCH3 is 2. The summed E-state index contributed by atoms with van der Waals surface area (Å²) >= 11 is 0. The first-order valence-electron chi connectivity index (χ1n) is 10.9. The first-order valence-corrected chi connectivity index (χ1v) is 10.9. The summed E-state index contributed by atoms with van der Waals surface area (Å²) in [6.07, 6.45) is 0.579. The number of anilines is 2. The van der Waals surface area contributed by atoms with Gasteiger partial charge in [-0.3, -0.25) is 4.98 Å². The largest absolute Gasteiger partial charge is 0.465 e. The molecular formula is C27H22N2O6. The standard InChI is InChI=1S/C27H22N2O6/c1-33-26(31)20-22-24(35-25(20)27(32)34-2)18-13-7-6-12-17(18)23(30)21(19-14-8-9-15-28-19)29(22)16-10-4-3-5-11-16/h3-15,21,23,30H,1-2H3/t21-,23-/m1/s1. The van der Waals surface area contributed by atoms with Gasteiger partial charge in [-0.25, -0.2) is 9.59 Å². The zero-order valence-electron chi connectivity index (χ0n) is 19.0. The van der Waals surface area contributed by atoms with E-state index in [2.05, 4.69) is 4.98 Å². The molecule has 1 aliphatic rings. The van der Waals surface area contributed by atoms with Crippen molar-refractivity contribution in [3.05, 3.63) is 102 Å². The molecule has 0 bridgehead atoms. The van der Waals surface area contributed by atoms with Crippen molar-refractivity contribution >= 4 is 23.3 Å². The van der Waals surface area contributed by atoms with Gasteiger partial charge in [-0.1, -0.05) is 48.5 Å². The topological polar surface area (TPSA) is 102 Å². The Morgan fingerprint density at radius 1 is 0.914 bits per heavy atom. The second kappa shape index (κ2) is 9.08. The van der Waals surface area contributed by atoms with Crippen LogP contribution in [0.3, 0.4) is 0 Å². The highest BCUT2D eigenvalue weighted by Crippen LogP contribution is 2.53. The second-order valence-corrected chi connectivity index (χ2v) is 7.90. The van der Waals surface area contributed by atoms with Crippen molar-refractivity contribution in [3.63, 3.8) is 0 Å². The lowest BCUT2D eigenvalue weighted by Gasteiger charge is -2.35. The fourth-order valence-corrected chi connectivity index (χ4v) is 4.50. The van der Waals surface area contributed by atoms with Gasteiger partial charge in [0.15, 0.2) is 5.76 Å². The predicted octanol–water partition coefficient (Wildman–Crippen LogP) is 4.84. The molecule has 0 saturated heterocycles. The molecule has 2 aromatic carbocycles.